The van der Waals surface area contributed by atoms with E-state index in [1.54, 1.807) is 43.3 Å². The number of rotatable bonds is 5. The normalized spacial score (nSPS) is 11.3. The van der Waals surface area contributed by atoms with E-state index in [4.69, 9.17) is 14.7 Å². The third-order valence-electron chi connectivity index (χ3n) is 2.90. The molecule has 0 spiro atoms. The maximum absolute atomic E-state index is 11.9. The summed E-state index contributed by atoms with van der Waals surface area (Å²) in [5.41, 5.74) is 1.30. The fraction of sp³-hybridized carbons (Fsp3) is 0.176. The Morgan fingerprint density at radius 3 is 2.68 bits per heavy atom. The van der Waals surface area contributed by atoms with Crippen molar-refractivity contribution in [3.8, 4) is 11.8 Å². The van der Waals surface area contributed by atoms with Crippen molar-refractivity contribution in [3.05, 3.63) is 64.1 Å². The second kappa shape index (κ2) is 7.62. The van der Waals surface area contributed by atoms with E-state index in [2.05, 4.69) is 15.9 Å². The maximum atomic E-state index is 11.9. The van der Waals surface area contributed by atoms with Gasteiger partial charge in [0.25, 0.3) is 0 Å². The molecule has 0 aliphatic carbocycles. The molecule has 22 heavy (non-hydrogen) atoms. The number of nitrogens with zero attached hydrogens (tertiary/aromatic N) is 1. The number of hydrogen-bond acceptors (Lipinski definition) is 4. The number of nitriles is 1. The summed E-state index contributed by atoms with van der Waals surface area (Å²) in [7, 11) is 0. The van der Waals surface area contributed by atoms with Crippen LogP contribution < -0.4 is 4.74 Å². The van der Waals surface area contributed by atoms with Crippen LogP contribution in [-0.2, 0) is 16.1 Å². The van der Waals surface area contributed by atoms with Gasteiger partial charge in [-0.15, -0.1) is 0 Å². The lowest BCUT2D eigenvalue weighted by molar-refractivity contribution is -0.152. The van der Waals surface area contributed by atoms with Crippen molar-refractivity contribution in [2.24, 2.45) is 0 Å². The van der Waals surface area contributed by atoms with Gasteiger partial charge >= 0.3 is 5.97 Å². The Balaban J connectivity index is 1.88. The van der Waals surface area contributed by atoms with Gasteiger partial charge in [0.15, 0.2) is 6.10 Å². The molecule has 0 radical (unpaired) electrons. The second-order valence-electron chi connectivity index (χ2n) is 4.63. The molecule has 1 atom stereocenters. The van der Waals surface area contributed by atoms with E-state index in [0.29, 0.717) is 11.3 Å². The van der Waals surface area contributed by atoms with Crippen LogP contribution in [0.4, 0.5) is 0 Å². The monoisotopic (exact) mass is 359 g/mol. The number of benzene rings is 2. The van der Waals surface area contributed by atoms with E-state index in [1.165, 1.54) is 0 Å². The molecule has 0 aromatic heterocycles. The number of halogens is 1. The zero-order chi connectivity index (χ0) is 15.9. The molecule has 0 N–H and O–H groups in total. The van der Waals surface area contributed by atoms with Crippen molar-refractivity contribution < 1.29 is 14.3 Å². The highest BCUT2D eigenvalue weighted by Crippen LogP contribution is 2.17. The van der Waals surface area contributed by atoms with Gasteiger partial charge in [0.05, 0.1) is 11.6 Å². The third kappa shape index (κ3) is 4.61. The van der Waals surface area contributed by atoms with Crippen LogP contribution in [0.15, 0.2) is 53.0 Å². The fourth-order valence-corrected chi connectivity index (χ4v) is 2.03. The molecule has 112 valence electrons. The van der Waals surface area contributed by atoms with Crippen molar-refractivity contribution >= 4 is 21.9 Å². The molecule has 0 bridgehead atoms. The van der Waals surface area contributed by atoms with Crippen molar-refractivity contribution in [3.63, 3.8) is 0 Å². The van der Waals surface area contributed by atoms with Gasteiger partial charge in [0.2, 0.25) is 0 Å². The molecule has 0 aliphatic rings. The number of hydrogen-bond donors (Lipinski definition) is 0. The van der Waals surface area contributed by atoms with E-state index >= 15 is 0 Å². The molecule has 5 heteroatoms. The summed E-state index contributed by atoms with van der Waals surface area (Å²) in [5.74, 6) is 0.143. The molecular formula is C17H14BrNO3. The number of esters is 1. The average Bonchev–Trinajstić information content (AvgIpc) is 2.54. The van der Waals surface area contributed by atoms with E-state index in [0.717, 1.165) is 10.0 Å². The quantitative estimate of drug-likeness (QED) is 0.761. The van der Waals surface area contributed by atoms with Crippen LogP contribution in [0, 0.1) is 11.3 Å². The van der Waals surface area contributed by atoms with Crippen molar-refractivity contribution in [2.45, 2.75) is 19.6 Å². The van der Waals surface area contributed by atoms with Crippen molar-refractivity contribution in [2.75, 3.05) is 0 Å². The van der Waals surface area contributed by atoms with Gasteiger partial charge in [0, 0.05) is 4.47 Å². The molecule has 0 heterocycles. The Labute approximate surface area is 137 Å². The molecule has 0 amide bonds. The highest BCUT2D eigenvalue weighted by Gasteiger charge is 2.16. The minimum atomic E-state index is -0.708. The molecule has 0 aliphatic heterocycles. The first-order chi connectivity index (χ1) is 10.6. The summed E-state index contributed by atoms with van der Waals surface area (Å²) < 4.78 is 11.7. The SMILES string of the molecule is C[C@H](Oc1ccc(Br)cc1)C(=O)OCc1cccc(C#N)c1. The number of carbonyl (C=O) groups is 1. The Bertz CT molecular complexity index is 692. The third-order valence-corrected chi connectivity index (χ3v) is 3.42. The molecule has 2 rings (SSSR count). The maximum Gasteiger partial charge on any atom is 0.347 e. The molecule has 0 fully saturated rings. The lowest BCUT2D eigenvalue weighted by atomic mass is 10.1. The van der Waals surface area contributed by atoms with E-state index in [1.807, 2.05) is 18.2 Å². The zero-order valence-electron chi connectivity index (χ0n) is 12.0. The van der Waals surface area contributed by atoms with E-state index in [9.17, 15) is 4.79 Å². The molecule has 0 unspecified atom stereocenters. The predicted molar refractivity (Wildman–Crippen MR) is 85.2 cm³/mol. The molecule has 4 nitrogen and oxygen atoms in total. The predicted octanol–water partition coefficient (Wildman–Crippen LogP) is 3.83. The van der Waals surface area contributed by atoms with Crippen LogP contribution in [0.25, 0.3) is 0 Å². The largest absolute Gasteiger partial charge is 0.479 e. The lowest BCUT2D eigenvalue weighted by Gasteiger charge is -2.14. The van der Waals surface area contributed by atoms with Crippen LogP contribution in [0.3, 0.4) is 0 Å². The molecule has 2 aromatic rings. The van der Waals surface area contributed by atoms with Crippen LogP contribution >= 0.6 is 15.9 Å². The van der Waals surface area contributed by atoms with E-state index < -0.39 is 12.1 Å². The Morgan fingerprint density at radius 1 is 1.27 bits per heavy atom. The summed E-state index contributed by atoms with van der Waals surface area (Å²) in [6.07, 6.45) is -0.708. The first-order valence-electron chi connectivity index (χ1n) is 6.66. The van der Waals surface area contributed by atoms with Crippen LogP contribution in [-0.4, -0.2) is 12.1 Å². The van der Waals surface area contributed by atoms with Gasteiger partial charge in [0.1, 0.15) is 12.4 Å². The zero-order valence-corrected chi connectivity index (χ0v) is 13.5. The van der Waals surface area contributed by atoms with Crippen LogP contribution in [0.2, 0.25) is 0 Å². The second-order valence-corrected chi connectivity index (χ2v) is 5.55. The Kier molecular flexibility index (Phi) is 5.56. The van der Waals surface area contributed by atoms with Gasteiger partial charge in [-0.3, -0.25) is 0 Å². The minimum Gasteiger partial charge on any atom is -0.479 e. The van der Waals surface area contributed by atoms with Crippen molar-refractivity contribution in [1.29, 1.82) is 5.26 Å². The summed E-state index contributed by atoms with van der Waals surface area (Å²) in [6, 6.07) is 16.2. The van der Waals surface area contributed by atoms with Gasteiger partial charge in [-0.1, -0.05) is 28.1 Å². The first-order valence-corrected chi connectivity index (χ1v) is 7.45. The molecule has 0 saturated carbocycles. The molecule has 2 aromatic carbocycles. The van der Waals surface area contributed by atoms with Crippen molar-refractivity contribution in [1.82, 2.24) is 0 Å². The number of carbonyl (C=O) groups excluding carboxylic acids is 1. The standard InChI is InChI=1S/C17H14BrNO3/c1-12(22-16-7-5-15(18)6-8-16)17(20)21-11-14-4-2-3-13(9-14)10-19/h2-9,12H,11H2,1H3/t12-/m0/s1. The van der Waals surface area contributed by atoms with E-state index in [-0.39, 0.29) is 6.61 Å². The molecule has 0 saturated heterocycles. The topological polar surface area (TPSA) is 59.3 Å². The highest BCUT2D eigenvalue weighted by atomic mass is 79.9. The lowest BCUT2D eigenvalue weighted by Crippen LogP contribution is -2.26. The average molecular weight is 360 g/mol. The summed E-state index contributed by atoms with van der Waals surface area (Å²) in [6.45, 7) is 1.75. The molecular weight excluding hydrogens is 346 g/mol. The van der Waals surface area contributed by atoms with Gasteiger partial charge in [-0.25, -0.2) is 4.79 Å². The summed E-state index contributed by atoms with van der Waals surface area (Å²) in [5, 5.41) is 8.83. The minimum absolute atomic E-state index is 0.113. The number of ether oxygens (including phenoxy) is 2. The van der Waals surface area contributed by atoms with Gasteiger partial charge in [-0.05, 0) is 48.9 Å². The summed E-state index contributed by atoms with van der Waals surface area (Å²) >= 11 is 3.33. The smallest absolute Gasteiger partial charge is 0.347 e. The fourth-order valence-electron chi connectivity index (χ4n) is 1.77. The first kappa shape index (κ1) is 16.1. The Hall–Kier alpha value is -2.32. The highest BCUT2D eigenvalue weighted by molar-refractivity contribution is 9.10. The van der Waals surface area contributed by atoms with Crippen LogP contribution in [0.5, 0.6) is 5.75 Å². The summed E-state index contributed by atoms with van der Waals surface area (Å²) in [4.78, 5) is 11.9. The van der Waals surface area contributed by atoms with Gasteiger partial charge < -0.3 is 9.47 Å². The van der Waals surface area contributed by atoms with Gasteiger partial charge in [-0.2, -0.15) is 5.26 Å². The Morgan fingerprint density at radius 2 is 2.00 bits per heavy atom. The van der Waals surface area contributed by atoms with Crippen LogP contribution in [0.1, 0.15) is 18.1 Å².